The number of hydrogen-bond donors (Lipinski definition) is 1. The first-order valence-electron chi connectivity index (χ1n) is 4.41. The minimum atomic E-state index is 0.409. The molecule has 0 radical (unpaired) electrons. The van der Waals surface area contributed by atoms with Crippen LogP contribution in [0.4, 0.5) is 0 Å². The predicted molar refractivity (Wildman–Crippen MR) is 45.2 cm³/mol. The molecule has 4 heteroatoms. The highest BCUT2D eigenvalue weighted by atomic mass is 16.5. The van der Waals surface area contributed by atoms with Crippen LogP contribution in [0.5, 0.6) is 0 Å². The lowest BCUT2D eigenvalue weighted by molar-refractivity contribution is 0.0702. The van der Waals surface area contributed by atoms with E-state index in [0.717, 1.165) is 31.8 Å². The van der Waals surface area contributed by atoms with Gasteiger partial charge in [-0.15, -0.1) is 0 Å². The summed E-state index contributed by atoms with van der Waals surface area (Å²) in [6.07, 6.45) is 2.30. The molecule has 2 fully saturated rings. The molecule has 0 bridgehead atoms. The van der Waals surface area contributed by atoms with Gasteiger partial charge in [0.2, 0.25) is 0 Å². The minimum Gasteiger partial charge on any atom is -0.379 e. The average Bonchev–Trinajstić information content (AvgIpc) is 2.04. The van der Waals surface area contributed by atoms with Crippen LogP contribution in [0.1, 0.15) is 12.8 Å². The van der Waals surface area contributed by atoms with E-state index in [9.17, 15) is 0 Å². The van der Waals surface area contributed by atoms with Crippen LogP contribution in [0.15, 0.2) is 5.10 Å². The van der Waals surface area contributed by atoms with E-state index < -0.39 is 0 Å². The highest BCUT2D eigenvalue weighted by molar-refractivity contribution is 5.90. The molecule has 2 heterocycles. The fourth-order valence-corrected chi connectivity index (χ4v) is 1.28. The normalized spacial score (nSPS) is 29.3. The number of nitrogens with zero attached hydrogens (tertiary/aromatic N) is 1. The summed E-state index contributed by atoms with van der Waals surface area (Å²) in [5.41, 5.74) is 4.22. The van der Waals surface area contributed by atoms with E-state index in [0.29, 0.717) is 19.3 Å². The maximum Gasteiger partial charge on any atom is 0.0895 e. The average molecular weight is 170 g/mol. The Bertz CT molecular complexity index is 170. The van der Waals surface area contributed by atoms with Gasteiger partial charge < -0.3 is 14.9 Å². The van der Waals surface area contributed by atoms with Crippen molar-refractivity contribution in [3.05, 3.63) is 0 Å². The van der Waals surface area contributed by atoms with E-state index in [1.54, 1.807) is 0 Å². The van der Waals surface area contributed by atoms with Crippen LogP contribution in [-0.2, 0) is 9.47 Å². The van der Waals surface area contributed by atoms with Crippen molar-refractivity contribution >= 4 is 5.71 Å². The highest BCUT2D eigenvalue weighted by Gasteiger charge is 2.14. The fraction of sp³-hybridized carbons (Fsp3) is 0.875. The van der Waals surface area contributed by atoms with Crippen LogP contribution < -0.4 is 5.43 Å². The molecule has 2 aliphatic rings. The van der Waals surface area contributed by atoms with Gasteiger partial charge in [0.25, 0.3) is 0 Å². The van der Waals surface area contributed by atoms with Crippen LogP contribution in [0.25, 0.3) is 0 Å². The van der Waals surface area contributed by atoms with Gasteiger partial charge in [-0.1, -0.05) is 0 Å². The Morgan fingerprint density at radius 2 is 2.25 bits per heavy atom. The van der Waals surface area contributed by atoms with Gasteiger partial charge in [0.15, 0.2) is 0 Å². The summed E-state index contributed by atoms with van der Waals surface area (Å²) in [6.45, 7) is 3.08. The third-order valence-corrected chi connectivity index (χ3v) is 2.10. The molecular formula is C8H14N2O2. The van der Waals surface area contributed by atoms with Crippen molar-refractivity contribution in [1.29, 1.82) is 0 Å². The second kappa shape index (κ2) is 3.87. The summed E-state index contributed by atoms with van der Waals surface area (Å²) in [5, 5.41) is 4.21. The molecule has 0 aromatic carbocycles. The number of rotatable bonds is 2. The van der Waals surface area contributed by atoms with E-state index in [2.05, 4.69) is 10.5 Å². The van der Waals surface area contributed by atoms with E-state index in [4.69, 9.17) is 9.47 Å². The van der Waals surface area contributed by atoms with Gasteiger partial charge in [0.1, 0.15) is 0 Å². The summed E-state index contributed by atoms with van der Waals surface area (Å²) in [5.74, 6) is 0. The minimum absolute atomic E-state index is 0.409. The van der Waals surface area contributed by atoms with E-state index >= 15 is 0 Å². The summed E-state index contributed by atoms with van der Waals surface area (Å²) >= 11 is 0. The topological polar surface area (TPSA) is 42.8 Å². The molecule has 0 aliphatic carbocycles. The Kier molecular flexibility index (Phi) is 2.58. The number of ether oxygens (including phenoxy) is 2. The fourth-order valence-electron chi connectivity index (χ4n) is 1.28. The van der Waals surface area contributed by atoms with E-state index in [1.807, 2.05) is 0 Å². The van der Waals surface area contributed by atoms with Crippen LogP contribution >= 0.6 is 0 Å². The standard InChI is InChI=1S/C8H14N2O2/c1-2-7(4-11-3-1)9-10-8-5-12-6-8/h7,9H,1-6H2. The summed E-state index contributed by atoms with van der Waals surface area (Å²) in [6, 6.07) is 0.409. The molecule has 0 amide bonds. The second-order valence-electron chi connectivity index (χ2n) is 3.21. The van der Waals surface area contributed by atoms with Gasteiger partial charge in [0.05, 0.1) is 31.6 Å². The molecule has 0 spiro atoms. The highest BCUT2D eigenvalue weighted by Crippen LogP contribution is 2.05. The molecule has 1 unspecified atom stereocenters. The Balaban J connectivity index is 1.70. The van der Waals surface area contributed by atoms with Gasteiger partial charge in [-0.25, -0.2) is 0 Å². The Morgan fingerprint density at radius 3 is 2.83 bits per heavy atom. The zero-order chi connectivity index (χ0) is 8.23. The Morgan fingerprint density at radius 1 is 1.33 bits per heavy atom. The first-order chi connectivity index (χ1) is 5.95. The molecule has 0 aromatic heterocycles. The van der Waals surface area contributed by atoms with E-state index in [1.165, 1.54) is 0 Å². The monoisotopic (exact) mass is 170 g/mol. The smallest absolute Gasteiger partial charge is 0.0895 e. The molecule has 0 aromatic rings. The quantitative estimate of drug-likeness (QED) is 0.599. The predicted octanol–water partition coefficient (Wildman–Crippen LogP) is 0.141. The maximum atomic E-state index is 5.30. The van der Waals surface area contributed by atoms with Crippen LogP contribution in [-0.4, -0.2) is 38.2 Å². The number of hydrogen-bond acceptors (Lipinski definition) is 4. The van der Waals surface area contributed by atoms with Gasteiger partial charge in [-0.2, -0.15) is 5.10 Å². The van der Waals surface area contributed by atoms with Gasteiger partial charge in [-0.3, -0.25) is 0 Å². The number of hydrazone groups is 1. The molecule has 1 N–H and O–H groups in total. The van der Waals surface area contributed by atoms with Gasteiger partial charge >= 0.3 is 0 Å². The summed E-state index contributed by atoms with van der Waals surface area (Å²) in [7, 11) is 0. The third-order valence-electron chi connectivity index (χ3n) is 2.10. The summed E-state index contributed by atoms with van der Waals surface area (Å²) in [4.78, 5) is 0. The number of nitrogens with one attached hydrogen (secondary N) is 1. The van der Waals surface area contributed by atoms with Crippen molar-refractivity contribution in [3.8, 4) is 0 Å². The zero-order valence-electron chi connectivity index (χ0n) is 7.08. The van der Waals surface area contributed by atoms with Crippen molar-refractivity contribution in [2.45, 2.75) is 18.9 Å². The van der Waals surface area contributed by atoms with Crippen molar-refractivity contribution in [2.24, 2.45) is 5.10 Å². The lowest BCUT2D eigenvalue weighted by Crippen LogP contribution is -2.37. The Labute approximate surface area is 71.9 Å². The molecule has 2 saturated heterocycles. The molecule has 12 heavy (non-hydrogen) atoms. The molecule has 1 atom stereocenters. The van der Waals surface area contributed by atoms with Crippen molar-refractivity contribution in [2.75, 3.05) is 26.4 Å². The first kappa shape index (κ1) is 8.01. The molecule has 2 rings (SSSR count). The van der Waals surface area contributed by atoms with Crippen molar-refractivity contribution in [1.82, 2.24) is 5.43 Å². The van der Waals surface area contributed by atoms with Gasteiger partial charge in [-0.05, 0) is 12.8 Å². The third kappa shape index (κ3) is 1.95. The SMILES string of the molecule is C1COCC(NN=C2COC2)C1. The van der Waals surface area contributed by atoms with Crippen LogP contribution in [0.2, 0.25) is 0 Å². The lowest BCUT2D eigenvalue weighted by atomic mass is 10.1. The van der Waals surface area contributed by atoms with Crippen molar-refractivity contribution in [3.63, 3.8) is 0 Å². The summed E-state index contributed by atoms with van der Waals surface area (Å²) < 4.78 is 10.3. The van der Waals surface area contributed by atoms with Crippen molar-refractivity contribution < 1.29 is 9.47 Å². The lowest BCUT2D eigenvalue weighted by Gasteiger charge is -2.23. The zero-order valence-corrected chi connectivity index (χ0v) is 7.08. The first-order valence-corrected chi connectivity index (χ1v) is 4.41. The van der Waals surface area contributed by atoms with Gasteiger partial charge in [0, 0.05) is 6.61 Å². The van der Waals surface area contributed by atoms with Crippen LogP contribution in [0, 0.1) is 0 Å². The largest absolute Gasteiger partial charge is 0.379 e. The molecule has 2 aliphatic heterocycles. The van der Waals surface area contributed by atoms with E-state index in [-0.39, 0.29) is 0 Å². The molecule has 0 saturated carbocycles. The Hall–Kier alpha value is -0.610. The maximum absolute atomic E-state index is 5.30. The van der Waals surface area contributed by atoms with Crippen LogP contribution in [0.3, 0.4) is 0 Å². The molecule has 4 nitrogen and oxygen atoms in total. The second-order valence-corrected chi connectivity index (χ2v) is 3.21. The molecular weight excluding hydrogens is 156 g/mol. The molecule has 68 valence electrons.